The zero-order valence-electron chi connectivity index (χ0n) is 15.9. The first-order valence-corrected chi connectivity index (χ1v) is 11.0. The van der Waals surface area contributed by atoms with Gasteiger partial charge in [0.1, 0.15) is 33.1 Å². The van der Waals surface area contributed by atoms with Crippen molar-refractivity contribution in [2.24, 2.45) is 5.16 Å². The molecule has 1 fully saturated rings. The number of carbonyl (C=O) groups is 3. The summed E-state index contributed by atoms with van der Waals surface area (Å²) >= 11 is 8.01. The summed E-state index contributed by atoms with van der Waals surface area (Å²) in [6.07, 6.45) is 3.66. The van der Waals surface area contributed by atoms with E-state index in [9.17, 15) is 24.7 Å². The molecular weight excluding hydrogens is 482 g/mol. The molecule has 2 aromatic rings. The number of thioether (sulfide) groups is 1. The molecule has 2 unspecified atom stereocenters. The molecule has 0 saturated carbocycles. The highest BCUT2D eigenvalue weighted by Crippen LogP contribution is 2.42. The van der Waals surface area contributed by atoms with E-state index in [1.54, 1.807) is 6.07 Å². The summed E-state index contributed by atoms with van der Waals surface area (Å²) in [5.74, 6) is -2.74. The zero-order valence-corrected chi connectivity index (χ0v) is 18.3. The van der Waals surface area contributed by atoms with E-state index < -0.39 is 35.6 Å². The molecule has 2 atom stereocenters. The molecule has 32 heavy (non-hydrogen) atoms. The number of nitrogens with two attached hydrogens (primary N) is 1. The fraction of sp³-hybridized carbons (Fsp3) is 0.235. The van der Waals surface area contributed by atoms with Crippen LogP contribution in [0.2, 0.25) is 4.34 Å². The first-order chi connectivity index (χ1) is 15.3. The van der Waals surface area contributed by atoms with E-state index in [0.29, 0.717) is 22.8 Å². The molecule has 0 bridgehead atoms. The molecule has 0 aromatic carbocycles. The molecule has 2 amide bonds. The Kier molecular flexibility index (Phi) is 5.99. The van der Waals surface area contributed by atoms with E-state index in [-0.39, 0.29) is 20.9 Å². The molecule has 1 saturated heterocycles. The first-order valence-electron chi connectivity index (χ1n) is 9.00. The number of anilines is 1. The minimum Gasteiger partial charge on any atom is -0.477 e. The number of carbonyl (C=O) groups excluding carboxylic acids is 2. The Balaban J connectivity index is 1.53. The van der Waals surface area contributed by atoms with Crippen molar-refractivity contribution in [1.82, 2.24) is 25.2 Å². The summed E-state index contributed by atoms with van der Waals surface area (Å²) in [4.78, 5) is 50.7. The standard InChI is InChI=1S/C17H14ClN7O5S2/c18-13-10(23-17(19)32-13)11(24-30)14(26)22-9-6-1-2-7(31-8-3-4-20-5-21-8)12(16(28)29)25(6)15(9)27/h3-6,9,30H,1-2H2,(H2,19,23)(H,22,26)(H,28,29)/b24-11-. The van der Waals surface area contributed by atoms with E-state index in [2.05, 4.69) is 25.4 Å². The lowest BCUT2D eigenvalue weighted by molar-refractivity contribution is -0.155. The molecule has 0 spiro atoms. The van der Waals surface area contributed by atoms with Crippen LogP contribution < -0.4 is 11.1 Å². The minimum absolute atomic E-state index is 0.0483. The van der Waals surface area contributed by atoms with Crippen LogP contribution in [0.5, 0.6) is 0 Å². The number of hydrogen-bond acceptors (Lipinski definition) is 11. The number of carboxylic acid groups (broad SMARTS) is 1. The number of thiazole rings is 1. The van der Waals surface area contributed by atoms with Gasteiger partial charge in [-0.2, -0.15) is 0 Å². The quantitative estimate of drug-likeness (QED) is 0.148. The van der Waals surface area contributed by atoms with E-state index in [1.165, 1.54) is 12.5 Å². The van der Waals surface area contributed by atoms with Gasteiger partial charge in [-0.25, -0.2) is 19.7 Å². The van der Waals surface area contributed by atoms with Gasteiger partial charge in [0.15, 0.2) is 10.8 Å². The molecule has 4 heterocycles. The highest BCUT2D eigenvalue weighted by atomic mass is 35.5. The fourth-order valence-electron chi connectivity index (χ4n) is 3.47. The van der Waals surface area contributed by atoms with Crippen LogP contribution in [-0.4, -0.2) is 65.7 Å². The number of nitrogens with zero attached hydrogens (tertiary/aromatic N) is 5. The normalized spacial score (nSPS) is 20.6. The second kappa shape index (κ2) is 8.72. The molecule has 166 valence electrons. The van der Waals surface area contributed by atoms with Crippen LogP contribution >= 0.6 is 34.7 Å². The third kappa shape index (κ3) is 3.87. The summed E-state index contributed by atoms with van der Waals surface area (Å²) in [6.45, 7) is 0. The number of fused-ring (bicyclic) bond motifs is 1. The number of nitrogens with one attached hydrogen (secondary N) is 1. The van der Waals surface area contributed by atoms with Gasteiger partial charge in [0.2, 0.25) is 0 Å². The molecule has 2 aliphatic rings. The Morgan fingerprint density at radius 2 is 2.22 bits per heavy atom. The Labute approximate surface area is 193 Å². The summed E-state index contributed by atoms with van der Waals surface area (Å²) < 4.78 is 0.0483. The Morgan fingerprint density at radius 3 is 2.81 bits per heavy atom. The van der Waals surface area contributed by atoms with Crippen molar-refractivity contribution in [2.45, 2.75) is 30.0 Å². The number of amides is 2. The SMILES string of the molecule is Nc1nc(/C(=N/O)C(=O)NC2C(=O)N3C(C(=O)O)=C(Sc4ccncn4)CCC23)c(Cl)s1. The Morgan fingerprint density at radius 1 is 1.44 bits per heavy atom. The summed E-state index contributed by atoms with van der Waals surface area (Å²) in [5.41, 5.74) is 4.79. The maximum absolute atomic E-state index is 12.8. The van der Waals surface area contributed by atoms with Crippen molar-refractivity contribution in [3.05, 3.63) is 39.2 Å². The smallest absolute Gasteiger partial charge is 0.353 e. The monoisotopic (exact) mass is 495 g/mol. The van der Waals surface area contributed by atoms with Gasteiger partial charge in [-0.15, -0.1) is 0 Å². The number of nitrogen functional groups attached to an aromatic ring is 1. The molecule has 2 aromatic heterocycles. The summed E-state index contributed by atoms with van der Waals surface area (Å²) in [7, 11) is 0. The van der Waals surface area contributed by atoms with Crippen molar-refractivity contribution < 1.29 is 24.7 Å². The van der Waals surface area contributed by atoms with Crippen molar-refractivity contribution in [1.29, 1.82) is 0 Å². The second-order valence-electron chi connectivity index (χ2n) is 6.62. The third-order valence-electron chi connectivity index (χ3n) is 4.81. The predicted octanol–water partition coefficient (Wildman–Crippen LogP) is 0.925. The fourth-order valence-corrected chi connectivity index (χ4v) is 5.38. The average Bonchev–Trinajstić information content (AvgIpc) is 3.10. The molecular formula is C17H14ClN7O5S2. The number of carboxylic acids is 1. The molecule has 15 heteroatoms. The lowest BCUT2D eigenvalue weighted by atomic mass is 9.86. The average molecular weight is 496 g/mol. The summed E-state index contributed by atoms with van der Waals surface area (Å²) in [6, 6.07) is 0.0770. The minimum atomic E-state index is -1.26. The number of aliphatic carboxylic acids is 1. The largest absolute Gasteiger partial charge is 0.477 e. The van der Waals surface area contributed by atoms with Gasteiger partial charge in [0.05, 0.1) is 6.04 Å². The molecule has 0 aliphatic carbocycles. The van der Waals surface area contributed by atoms with Crippen LogP contribution in [0.1, 0.15) is 18.5 Å². The van der Waals surface area contributed by atoms with E-state index in [4.69, 9.17) is 17.3 Å². The number of hydrogen-bond donors (Lipinski definition) is 4. The van der Waals surface area contributed by atoms with Crippen molar-refractivity contribution in [3.63, 3.8) is 0 Å². The van der Waals surface area contributed by atoms with Crippen LogP contribution in [0.15, 0.2) is 39.4 Å². The van der Waals surface area contributed by atoms with Crippen molar-refractivity contribution in [2.75, 3.05) is 5.73 Å². The number of halogens is 1. The molecule has 0 radical (unpaired) electrons. The van der Waals surface area contributed by atoms with Gasteiger partial charge in [0, 0.05) is 11.1 Å². The number of aromatic nitrogens is 3. The van der Waals surface area contributed by atoms with Gasteiger partial charge >= 0.3 is 5.97 Å². The van der Waals surface area contributed by atoms with Gasteiger partial charge in [-0.05, 0) is 18.9 Å². The van der Waals surface area contributed by atoms with E-state index >= 15 is 0 Å². The van der Waals surface area contributed by atoms with Crippen LogP contribution in [0, 0.1) is 0 Å². The Bertz CT molecular complexity index is 1170. The first kappa shape index (κ1) is 22.0. The van der Waals surface area contributed by atoms with Crippen LogP contribution in [0.25, 0.3) is 0 Å². The number of oxime groups is 1. The highest BCUT2D eigenvalue weighted by molar-refractivity contribution is 8.03. The number of β-lactam (4-membered cyclic amide) rings is 1. The summed E-state index contributed by atoms with van der Waals surface area (Å²) in [5, 5.41) is 25.0. The predicted molar refractivity (Wildman–Crippen MR) is 114 cm³/mol. The topological polar surface area (TPSA) is 184 Å². The molecule has 4 rings (SSSR count). The van der Waals surface area contributed by atoms with E-state index in [0.717, 1.165) is 28.0 Å². The maximum Gasteiger partial charge on any atom is 0.353 e. The lowest BCUT2D eigenvalue weighted by Gasteiger charge is -2.50. The molecule has 2 aliphatic heterocycles. The number of rotatable bonds is 6. The maximum atomic E-state index is 12.8. The third-order valence-corrected chi connectivity index (χ3v) is 6.98. The van der Waals surface area contributed by atoms with Gasteiger partial charge < -0.3 is 21.4 Å². The highest BCUT2D eigenvalue weighted by Gasteiger charge is 2.54. The van der Waals surface area contributed by atoms with E-state index in [1.807, 2.05) is 0 Å². The van der Waals surface area contributed by atoms with Gasteiger partial charge in [0.25, 0.3) is 11.8 Å². The molecule has 12 nitrogen and oxygen atoms in total. The Hall–Kier alpha value is -3.23. The number of allylic oxidation sites excluding steroid dienone is 1. The van der Waals surface area contributed by atoms with Gasteiger partial charge in [-0.3, -0.25) is 14.5 Å². The van der Waals surface area contributed by atoms with Crippen LogP contribution in [0.4, 0.5) is 5.13 Å². The zero-order chi connectivity index (χ0) is 23.0. The lowest BCUT2D eigenvalue weighted by Crippen LogP contribution is -2.72. The van der Waals surface area contributed by atoms with Gasteiger partial charge in [-0.1, -0.05) is 39.9 Å². The van der Waals surface area contributed by atoms with Crippen molar-refractivity contribution in [3.8, 4) is 0 Å². The second-order valence-corrected chi connectivity index (χ2v) is 9.36. The van der Waals surface area contributed by atoms with Crippen molar-refractivity contribution >= 4 is 63.3 Å². The van der Waals surface area contributed by atoms with Crippen LogP contribution in [0.3, 0.4) is 0 Å². The van der Waals surface area contributed by atoms with Crippen LogP contribution in [-0.2, 0) is 14.4 Å². The molecule has 5 N–H and O–H groups in total.